The third-order valence-electron chi connectivity index (χ3n) is 4.00. The molecule has 0 aromatic carbocycles. The van der Waals surface area contributed by atoms with E-state index in [2.05, 4.69) is 27.9 Å². The number of hydrogen-bond donors (Lipinski definition) is 0. The van der Waals surface area contributed by atoms with Crippen molar-refractivity contribution in [3.8, 4) is 0 Å². The van der Waals surface area contributed by atoms with Gasteiger partial charge in [0.1, 0.15) is 0 Å². The zero-order valence-electron chi connectivity index (χ0n) is 10.2. The van der Waals surface area contributed by atoms with E-state index in [-0.39, 0.29) is 10.7 Å². The van der Waals surface area contributed by atoms with E-state index in [0.29, 0.717) is 12.0 Å². The smallest absolute Gasteiger partial charge is 0.236 e. The Morgan fingerprint density at radius 3 is 2.81 bits per heavy atom. The van der Waals surface area contributed by atoms with Gasteiger partial charge in [0, 0.05) is 19.1 Å². The molecule has 2 fully saturated rings. The number of amides is 1. The van der Waals surface area contributed by atoms with Crippen LogP contribution in [0.3, 0.4) is 0 Å². The molecule has 3 nitrogen and oxygen atoms in total. The molecule has 2 aliphatic heterocycles. The van der Waals surface area contributed by atoms with Crippen molar-refractivity contribution in [3.05, 3.63) is 0 Å². The van der Waals surface area contributed by atoms with E-state index in [1.165, 1.54) is 19.4 Å². The minimum absolute atomic E-state index is 0.0367. The summed E-state index contributed by atoms with van der Waals surface area (Å²) in [5.74, 6) is 0.953. The number of alkyl halides is 1. The van der Waals surface area contributed by atoms with Crippen LogP contribution in [0.25, 0.3) is 0 Å². The van der Waals surface area contributed by atoms with E-state index in [1.807, 2.05) is 11.8 Å². The Hall–Kier alpha value is -0.0900. The summed E-state index contributed by atoms with van der Waals surface area (Å²) in [7, 11) is 2.22. The molecule has 3 unspecified atom stereocenters. The van der Waals surface area contributed by atoms with Crippen molar-refractivity contribution in [1.82, 2.24) is 9.80 Å². The average Bonchev–Trinajstić information content (AvgIpc) is 2.28. The molecular weight excluding hydrogens is 268 g/mol. The van der Waals surface area contributed by atoms with Gasteiger partial charge in [-0.15, -0.1) is 0 Å². The standard InChI is InChI=1S/C12H21BrN2O/c1-9(13)12(16)15-7-5-11-10(8-15)4-3-6-14(11)2/h9-11H,3-8H2,1-2H3. The molecule has 2 rings (SSSR count). The molecule has 0 bridgehead atoms. The SMILES string of the molecule is CC(Br)C(=O)N1CCC2C(CCCN2C)C1. The molecule has 0 aromatic heterocycles. The summed E-state index contributed by atoms with van der Waals surface area (Å²) < 4.78 is 0. The van der Waals surface area contributed by atoms with Crippen molar-refractivity contribution in [3.63, 3.8) is 0 Å². The normalized spacial score (nSPS) is 33.3. The van der Waals surface area contributed by atoms with Crippen molar-refractivity contribution >= 4 is 21.8 Å². The van der Waals surface area contributed by atoms with E-state index in [0.717, 1.165) is 19.5 Å². The van der Waals surface area contributed by atoms with Crippen LogP contribution in [0.1, 0.15) is 26.2 Å². The summed E-state index contributed by atoms with van der Waals surface area (Å²) in [4.78, 5) is 16.4. The zero-order chi connectivity index (χ0) is 11.7. The van der Waals surface area contributed by atoms with E-state index in [1.54, 1.807) is 0 Å². The highest BCUT2D eigenvalue weighted by Crippen LogP contribution is 2.30. The number of halogens is 1. The van der Waals surface area contributed by atoms with E-state index in [9.17, 15) is 4.79 Å². The average molecular weight is 289 g/mol. The monoisotopic (exact) mass is 288 g/mol. The van der Waals surface area contributed by atoms with Crippen LogP contribution in [0.2, 0.25) is 0 Å². The summed E-state index contributed by atoms with van der Waals surface area (Å²) >= 11 is 3.37. The number of carbonyl (C=O) groups excluding carboxylic acids is 1. The number of nitrogens with zero attached hydrogens (tertiary/aromatic N) is 2. The highest BCUT2D eigenvalue weighted by Gasteiger charge is 2.36. The number of fused-ring (bicyclic) bond motifs is 1. The lowest BCUT2D eigenvalue weighted by molar-refractivity contribution is -0.133. The third kappa shape index (κ3) is 2.43. The molecule has 1 amide bonds. The first-order valence-electron chi connectivity index (χ1n) is 6.22. The van der Waals surface area contributed by atoms with Gasteiger partial charge >= 0.3 is 0 Å². The molecule has 2 heterocycles. The van der Waals surface area contributed by atoms with Gasteiger partial charge in [-0.05, 0) is 45.7 Å². The van der Waals surface area contributed by atoms with Gasteiger partial charge in [0.2, 0.25) is 5.91 Å². The van der Waals surface area contributed by atoms with Crippen molar-refractivity contribution in [2.75, 3.05) is 26.7 Å². The Morgan fingerprint density at radius 2 is 2.12 bits per heavy atom. The largest absolute Gasteiger partial charge is 0.341 e. The molecule has 0 N–H and O–H groups in total. The molecular formula is C12H21BrN2O. The van der Waals surface area contributed by atoms with Crippen molar-refractivity contribution in [1.29, 1.82) is 0 Å². The highest BCUT2D eigenvalue weighted by molar-refractivity contribution is 9.10. The van der Waals surface area contributed by atoms with Gasteiger partial charge in [-0.25, -0.2) is 0 Å². The lowest BCUT2D eigenvalue weighted by Gasteiger charge is -2.46. The minimum Gasteiger partial charge on any atom is -0.341 e. The Bertz CT molecular complexity index is 270. The molecule has 0 radical (unpaired) electrons. The molecule has 2 saturated heterocycles. The van der Waals surface area contributed by atoms with Crippen LogP contribution >= 0.6 is 15.9 Å². The third-order valence-corrected chi connectivity index (χ3v) is 4.39. The van der Waals surface area contributed by atoms with Gasteiger partial charge in [0.25, 0.3) is 0 Å². The van der Waals surface area contributed by atoms with Crippen LogP contribution in [0.15, 0.2) is 0 Å². The zero-order valence-corrected chi connectivity index (χ0v) is 11.7. The number of likely N-dealkylation sites (tertiary alicyclic amines) is 2. The Morgan fingerprint density at radius 1 is 1.38 bits per heavy atom. The molecule has 0 spiro atoms. The Labute approximate surface area is 106 Å². The van der Waals surface area contributed by atoms with Crippen LogP contribution < -0.4 is 0 Å². The van der Waals surface area contributed by atoms with E-state index >= 15 is 0 Å². The molecule has 2 aliphatic rings. The van der Waals surface area contributed by atoms with Crippen LogP contribution in [0.5, 0.6) is 0 Å². The second-order valence-electron chi connectivity index (χ2n) is 5.14. The Balaban J connectivity index is 1.97. The van der Waals surface area contributed by atoms with Gasteiger partial charge < -0.3 is 9.80 Å². The molecule has 92 valence electrons. The van der Waals surface area contributed by atoms with Crippen LogP contribution in [0, 0.1) is 5.92 Å². The topological polar surface area (TPSA) is 23.6 Å². The first-order valence-corrected chi connectivity index (χ1v) is 7.14. The minimum atomic E-state index is -0.0367. The maximum atomic E-state index is 11.9. The lowest BCUT2D eigenvalue weighted by Crippen LogP contribution is -2.54. The molecule has 4 heteroatoms. The van der Waals surface area contributed by atoms with Gasteiger partial charge in [-0.3, -0.25) is 4.79 Å². The molecule has 3 atom stereocenters. The molecule has 0 saturated carbocycles. The Kier molecular flexibility index (Phi) is 3.90. The summed E-state index contributed by atoms with van der Waals surface area (Å²) in [6.07, 6.45) is 3.71. The van der Waals surface area contributed by atoms with Crippen molar-refractivity contribution in [2.45, 2.75) is 37.1 Å². The lowest BCUT2D eigenvalue weighted by atomic mass is 9.84. The molecule has 0 aromatic rings. The number of rotatable bonds is 1. The highest BCUT2D eigenvalue weighted by atomic mass is 79.9. The number of hydrogen-bond acceptors (Lipinski definition) is 2. The maximum Gasteiger partial charge on any atom is 0.236 e. The first kappa shape index (κ1) is 12.4. The second kappa shape index (κ2) is 5.05. The quantitative estimate of drug-likeness (QED) is 0.686. The predicted molar refractivity (Wildman–Crippen MR) is 68.7 cm³/mol. The van der Waals surface area contributed by atoms with Crippen LogP contribution in [-0.2, 0) is 4.79 Å². The number of piperidine rings is 2. The fourth-order valence-corrected chi connectivity index (χ4v) is 3.39. The number of carbonyl (C=O) groups is 1. The fourth-order valence-electron chi connectivity index (χ4n) is 3.10. The summed E-state index contributed by atoms with van der Waals surface area (Å²) in [5.41, 5.74) is 0. The van der Waals surface area contributed by atoms with Gasteiger partial charge in [-0.2, -0.15) is 0 Å². The second-order valence-corrected chi connectivity index (χ2v) is 6.51. The predicted octanol–water partition coefficient (Wildman–Crippen LogP) is 1.71. The van der Waals surface area contributed by atoms with Crippen LogP contribution in [0.4, 0.5) is 0 Å². The van der Waals surface area contributed by atoms with Gasteiger partial charge in [0.05, 0.1) is 4.83 Å². The van der Waals surface area contributed by atoms with E-state index in [4.69, 9.17) is 0 Å². The van der Waals surface area contributed by atoms with Crippen molar-refractivity contribution < 1.29 is 4.79 Å². The maximum absolute atomic E-state index is 11.9. The van der Waals surface area contributed by atoms with Crippen LogP contribution in [-0.4, -0.2) is 53.3 Å². The van der Waals surface area contributed by atoms with Gasteiger partial charge in [0.15, 0.2) is 0 Å². The summed E-state index contributed by atoms with van der Waals surface area (Å²) in [6, 6.07) is 0.712. The molecule has 0 aliphatic carbocycles. The summed E-state index contributed by atoms with van der Waals surface area (Å²) in [6.45, 7) is 5.04. The van der Waals surface area contributed by atoms with Crippen molar-refractivity contribution in [2.24, 2.45) is 5.92 Å². The fraction of sp³-hybridized carbons (Fsp3) is 0.917. The summed E-state index contributed by atoms with van der Waals surface area (Å²) in [5, 5.41) is 0. The van der Waals surface area contributed by atoms with Gasteiger partial charge in [-0.1, -0.05) is 15.9 Å². The first-order chi connectivity index (χ1) is 7.59. The van der Waals surface area contributed by atoms with E-state index < -0.39 is 0 Å². The molecule has 16 heavy (non-hydrogen) atoms.